The van der Waals surface area contributed by atoms with Gasteiger partial charge in [-0.1, -0.05) is 23.1 Å². The van der Waals surface area contributed by atoms with Gasteiger partial charge in [0.25, 0.3) is 0 Å². The fraction of sp³-hybridized carbons (Fsp3) is 0.231. The number of benzene rings is 1. The van der Waals surface area contributed by atoms with Gasteiger partial charge in [0.15, 0.2) is 5.82 Å². The maximum Gasteiger partial charge on any atom is 0.240 e. The molecule has 0 amide bonds. The second kappa shape index (κ2) is 6.99. The summed E-state index contributed by atoms with van der Waals surface area (Å²) in [4.78, 5) is 3.97. The Morgan fingerprint density at radius 2 is 2.24 bits per heavy atom. The van der Waals surface area contributed by atoms with Crippen LogP contribution in [0.15, 0.2) is 40.1 Å². The standard InChI is InChI=1S/C13H14N4O3S/c14-7-2-4-11-3-1-5-12(9-11)21(18,19)16-8-6-13-15-10-20-17-13/h1,3,5,9-10,16H,6-8,14H2. The lowest BCUT2D eigenvalue weighted by Crippen LogP contribution is -2.26. The molecule has 0 aliphatic rings. The van der Waals surface area contributed by atoms with Crippen LogP contribution in [0.3, 0.4) is 0 Å². The highest BCUT2D eigenvalue weighted by Crippen LogP contribution is 2.10. The molecule has 0 radical (unpaired) electrons. The van der Waals surface area contributed by atoms with Crippen molar-refractivity contribution in [1.29, 1.82) is 0 Å². The van der Waals surface area contributed by atoms with Crippen molar-refractivity contribution in [3.05, 3.63) is 42.0 Å². The first-order valence-electron chi connectivity index (χ1n) is 6.16. The Bertz CT molecular complexity index is 745. The average molecular weight is 306 g/mol. The highest BCUT2D eigenvalue weighted by molar-refractivity contribution is 7.89. The third kappa shape index (κ3) is 4.39. The number of hydrogen-bond acceptors (Lipinski definition) is 6. The minimum Gasteiger partial charge on any atom is -0.343 e. The third-order valence-corrected chi connectivity index (χ3v) is 3.99. The van der Waals surface area contributed by atoms with E-state index in [1.165, 1.54) is 18.5 Å². The first-order chi connectivity index (χ1) is 10.1. The molecular formula is C13H14N4O3S. The quantitative estimate of drug-likeness (QED) is 0.746. The van der Waals surface area contributed by atoms with Gasteiger partial charge >= 0.3 is 0 Å². The highest BCUT2D eigenvalue weighted by Gasteiger charge is 2.14. The normalized spacial score (nSPS) is 10.9. The molecule has 21 heavy (non-hydrogen) atoms. The Kier molecular flexibility index (Phi) is 5.05. The summed E-state index contributed by atoms with van der Waals surface area (Å²) in [5, 5.41) is 3.61. The van der Waals surface area contributed by atoms with Crippen molar-refractivity contribution in [2.24, 2.45) is 5.73 Å². The Morgan fingerprint density at radius 3 is 2.95 bits per heavy atom. The van der Waals surface area contributed by atoms with Gasteiger partial charge in [-0.25, -0.2) is 13.1 Å². The lowest BCUT2D eigenvalue weighted by atomic mass is 10.2. The predicted molar refractivity (Wildman–Crippen MR) is 75.6 cm³/mol. The maximum atomic E-state index is 12.1. The minimum absolute atomic E-state index is 0.152. The van der Waals surface area contributed by atoms with E-state index < -0.39 is 10.0 Å². The Labute approximate surface area is 122 Å². The van der Waals surface area contributed by atoms with Gasteiger partial charge in [-0.15, -0.1) is 0 Å². The molecule has 0 saturated heterocycles. The highest BCUT2D eigenvalue weighted by atomic mass is 32.2. The van der Waals surface area contributed by atoms with Gasteiger partial charge in [0.05, 0.1) is 11.4 Å². The summed E-state index contributed by atoms with van der Waals surface area (Å²) in [6.07, 6.45) is 1.55. The van der Waals surface area contributed by atoms with Crippen molar-refractivity contribution in [3.8, 4) is 11.8 Å². The van der Waals surface area contributed by atoms with Gasteiger partial charge in [-0.3, -0.25) is 0 Å². The topological polar surface area (TPSA) is 111 Å². The van der Waals surface area contributed by atoms with Crippen LogP contribution >= 0.6 is 0 Å². The van der Waals surface area contributed by atoms with Crippen molar-refractivity contribution < 1.29 is 12.9 Å². The number of hydrogen-bond donors (Lipinski definition) is 2. The van der Waals surface area contributed by atoms with E-state index in [9.17, 15) is 8.42 Å². The summed E-state index contributed by atoms with van der Waals surface area (Å²) in [6.45, 7) is 0.403. The summed E-state index contributed by atoms with van der Waals surface area (Å²) >= 11 is 0. The van der Waals surface area contributed by atoms with Gasteiger partial charge in [-0.05, 0) is 18.2 Å². The molecule has 0 aliphatic carbocycles. The van der Waals surface area contributed by atoms with E-state index >= 15 is 0 Å². The molecule has 8 heteroatoms. The van der Waals surface area contributed by atoms with E-state index in [4.69, 9.17) is 5.73 Å². The Balaban J connectivity index is 2.04. The summed E-state index contributed by atoms with van der Waals surface area (Å²) in [5.41, 5.74) is 5.89. The van der Waals surface area contributed by atoms with Gasteiger partial charge in [-0.2, -0.15) is 4.98 Å². The van der Waals surface area contributed by atoms with Crippen molar-refractivity contribution >= 4 is 10.0 Å². The van der Waals surface area contributed by atoms with Crippen LogP contribution in [-0.2, 0) is 16.4 Å². The molecule has 1 aromatic heterocycles. The van der Waals surface area contributed by atoms with E-state index in [2.05, 4.69) is 31.2 Å². The minimum atomic E-state index is -3.60. The second-order valence-corrected chi connectivity index (χ2v) is 5.80. The maximum absolute atomic E-state index is 12.1. The number of nitrogens with zero attached hydrogens (tertiary/aromatic N) is 2. The van der Waals surface area contributed by atoms with Crippen LogP contribution in [0.4, 0.5) is 0 Å². The van der Waals surface area contributed by atoms with Crippen LogP contribution in [0.2, 0.25) is 0 Å². The van der Waals surface area contributed by atoms with Crippen LogP contribution in [-0.4, -0.2) is 31.6 Å². The number of nitrogens with two attached hydrogens (primary N) is 1. The molecule has 1 heterocycles. The zero-order valence-corrected chi connectivity index (χ0v) is 11.9. The van der Waals surface area contributed by atoms with E-state index in [0.29, 0.717) is 17.8 Å². The fourth-order valence-corrected chi connectivity index (χ4v) is 2.65. The first-order valence-corrected chi connectivity index (χ1v) is 7.64. The SMILES string of the molecule is NCC#Cc1cccc(S(=O)(=O)NCCc2ncon2)c1. The molecule has 1 aromatic carbocycles. The molecule has 2 aromatic rings. The van der Waals surface area contributed by atoms with E-state index in [-0.39, 0.29) is 18.0 Å². The van der Waals surface area contributed by atoms with Crippen molar-refractivity contribution in [1.82, 2.24) is 14.9 Å². The molecule has 110 valence electrons. The Hall–Kier alpha value is -2.21. The van der Waals surface area contributed by atoms with Gasteiger partial charge in [0, 0.05) is 18.5 Å². The molecule has 2 rings (SSSR count). The van der Waals surface area contributed by atoms with Crippen molar-refractivity contribution in [2.75, 3.05) is 13.1 Å². The van der Waals surface area contributed by atoms with Crippen molar-refractivity contribution in [2.45, 2.75) is 11.3 Å². The summed E-state index contributed by atoms with van der Waals surface area (Å²) in [7, 11) is -3.60. The van der Waals surface area contributed by atoms with Crippen molar-refractivity contribution in [3.63, 3.8) is 0 Å². The van der Waals surface area contributed by atoms with Gasteiger partial charge < -0.3 is 10.3 Å². The summed E-state index contributed by atoms with van der Waals surface area (Å²) in [5.74, 6) is 5.92. The largest absolute Gasteiger partial charge is 0.343 e. The number of nitrogens with one attached hydrogen (secondary N) is 1. The average Bonchev–Trinajstić information content (AvgIpc) is 2.98. The lowest BCUT2D eigenvalue weighted by Gasteiger charge is -2.05. The van der Waals surface area contributed by atoms with E-state index in [1.807, 2.05) is 0 Å². The van der Waals surface area contributed by atoms with Crippen LogP contribution in [0.25, 0.3) is 0 Å². The van der Waals surface area contributed by atoms with Gasteiger partial charge in [0.2, 0.25) is 16.4 Å². The Morgan fingerprint density at radius 1 is 1.38 bits per heavy atom. The smallest absolute Gasteiger partial charge is 0.240 e. The fourth-order valence-electron chi connectivity index (χ4n) is 1.58. The molecule has 0 bridgehead atoms. The van der Waals surface area contributed by atoms with Crippen LogP contribution in [0, 0.1) is 11.8 Å². The van der Waals surface area contributed by atoms with Crippen LogP contribution in [0.5, 0.6) is 0 Å². The summed E-state index contributed by atoms with van der Waals surface area (Å²) < 4.78 is 31.3. The molecule has 3 N–H and O–H groups in total. The lowest BCUT2D eigenvalue weighted by molar-refractivity contribution is 0.410. The van der Waals surface area contributed by atoms with Crippen LogP contribution in [0.1, 0.15) is 11.4 Å². The molecule has 0 saturated carbocycles. The monoisotopic (exact) mass is 306 g/mol. The van der Waals surface area contributed by atoms with Crippen LogP contribution < -0.4 is 10.5 Å². The molecular weight excluding hydrogens is 292 g/mol. The number of aromatic nitrogens is 2. The molecule has 7 nitrogen and oxygen atoms in total. The van der Waals surface area contributed by atoms with E-state index in [0.717, 1.165) is 0 Å². The molecule has 0 spiro atoms. The third-order valence-electron chi connectivity index (χ3n) is 2.53. The first kappa shape index (κ1) is 15.2. The molecule has 0 atom stereocenters. The summed E-state index contributed by atoms with van der Waals surface area (Å²) in [6, 6.07) is 6.36. The number of rotatable bonds is 5. The zero-order chi connectivity index (χ0) is 15.1. The van der Waals surface area contributed by atoms with Gasteiger partial charge in [0.1, 0.15) is 0 Å². The second-order valence-electron chi connectivity index (χ2n) is 4.03. The number of sulfonamides is 1. The molecule has 0 aliphatic heterocycles. The molecule has 0 unspecified atom stereocenters. The molecule has 0 fully saturated rings. The van der Waals surface area contributed by atoms with E-state index in [1.54, 1.807) is 12.1 Å². The zero-order valence-electron chi connectivity index (χ0n) is 11.1. The predicted octanol–water partition coefficient (Wildman–Crippen LogP) is -0.0992.